The summed E-state index contributed by atoms with van der Waals surface area (Å²) < 4.78 is 0. The fraction of sp³-hybridized carbons (Fsp3) is 0.222. The van der Waals surface area contributed by atoms with Gasteiger partial charge in [-0.15, -0.1) is 6.58 Å². The van der Waals surface area contributed by atoms with Crippen molar-refractivity contribution in [1.29, 1.82) is 0 Å². The van der Waals surface area contributed by atoms with Crippen LogP contribution >= 0.6 is 11.6 Å². The van der Waals surface area contributed by atoms with E-state index in [9.17, 15) is 4.79 Å². The van der Waals surface area contributed by atoms with Gasteiger partial charge in [0.05, 0.1) is 25.0 Å². The summed E-state index contributed by atoms with van der Waals surface area (Å²) in [7, 11) is 0. The summed E-state index contributed by atoms with van der Waals surface area (Å²) in [5, 5.41) is 11.5. The first-order chi connectivity index (χ1) is 7.17. The summed E-state index contributed by atoms with van der Waals surface area (Å²) in [6.45, 7) is 3.25. The Morgan fingerprint density at radius 1 is 1.67 bits per heavy atom. The lowest BCUT2D eigenvalue weighted by atomic mass is 10.3. The van der Waals surface area contributed by atoms with Gasteiger partial charge in [0, 0.05) is 0 Å². The van der Waals surface area contributed by atoms with Crippen LogP contribution in [0.25, 0.3) is 0 Å². The quantitative estimate of drug-likeness (QED) is 0.731. The van der Waals surface area contributed by atoms with Gasteiger partial charge in [-0.2, -0.15) is 0 Å². The van der Waals surface area contributed by atoms with E-state index < -0.39 is 11.9 Å². The summed E-state index contributed by atoms with van der Waals surface area (Å²) in [6.07, 6.45) is 3.97. The van der Waals surface area contributed by atoms with Gasteiger partial charge in [0.1, 0.15) is 10.8 Å². The average molecular weight is 228 g/mol. The van der Waals surface area contributed by atoms with Crippen LogP contribution in [0.2, 0.25) is 5.15 Å². The van der Waals surface area contributed by atoms with Crippen molar-refractivity contribution in [2.24, 2.45) is 0 Å². The Bertz CT molecular complexity index is 353. The highest BCUT2D eigenvalue weighted by molar-refractivity contribution is 6.29. The zero-order chi connectivity index (χ0) is 11.3. The average Bonchev–Trinajstić information content (AvgIpc) is 2.26. The van der Waals surface area contributed by atoms with Crippen LogP contribution in [-0.4, -0.2) is 33.6 Å². The lowest BCUT2D eigenvalue weighted by Crippen LogP contribution is -2.36. The Hall–Kier alpha value is -1.46. The Balaban J connectivity index is 2.68. The summed E-state index contributed by atoms with van der Waals surface area (Å²) in [5.41, 5.74) is 0.139. The number of aliphatic hydroxyl groups is 1. The molecule has 0 spiro atoms. The summed E-state index contributed by atoms with van der Waals surface area (Å²) in [6, 6.07) is -0.491. The number of amides is 1. The van der Waals surface area contributed by atoms with Gasteiger partial charge in [-0.3, -0.25) is 4.79 Å². The lowest BCUT2D eigenvalue weighted by molar-refractivity contribution is 0.0924. The SMILES string of the molecule is C=CC(CO)NC(=O)c1cnc(Cl)cn1. The number of halogens is 1. The van der Waals surface area contributed by atoms with Gasteiger partial charge in [0.15, 0.2) is 0 Å². The van der Waals surface area contributed by atoms with E-state index >= 15 is 0 Å². The number of nitrogens with one attached hydrogen (secondary N) is 1. The molecule has 0 aromatic carbocycles. The minimum Gasteiger partial charge on any atom is -0.394 e. The number of nitrogens with zero attached hydrogens (tertiary/aromatic N) is 2. The molecular formula is C9H10ClN3O2. The van der Waals surface area contributed by atoms with Crippen molar-refractivity contribution in [2.75, 3.05) is 6.61 Å². The molecule has 0 saturated heterocycles. The van der Waals surface area contributed by atoms with E-state index in [4.69, 9.17) is 16.7 Å². The van der Waals surface area contributed by atoms with Gasteiger partial charge < -0.3 is 10.4 Å². The molecule has 1 amide bonds. The predicted octanol–water partition coefficient (Wildman–Crippen LogP) is 0.407. The summed E-state index contributed by atoms with van der Waals surface area (Å²) in [4.78, 5) is 19.0. The largest absolute Gasteiger partial charge is 0.394 e. The van der Waals surface area contributed by atoms with E-state index in [-0.39, 0.29) is 17.5 Å². The van der Waals surface area contributed by atoms with Gasteiger partial charge in [-0.1, -0.05) is 17.7 Å². The van der Waals surface area contributed by atoms with Crippen LogP contribution in [0.3, 0.4) is 0 Å². The molecule has 0 aliphatic rings. The van der Waals surface area contributed by atoms with Crippen molar-refractivity contribution >= 4 is 17.5 Å². The van der Waals surface area contributed by atoms with Crippen LogP contribution < -0.4 is 5.32 Å². The maximum absolute atomic E-state index is 11.5. The highest BCUT2D eigenvalue weighted by Crippen LogP contribution is 2.01. The molecule has 2 N–H and O–H groups in total. The van der Waals surface area contributed by atoms with Crippen molar-refractivity contribution < 1.29 is 9.90 Å². The molecule has 0 bridgehead atoms. The fourth-order valence-corrected chi connectivity index (χ4v) is 0.949. The van der Waals surface area contributed by atoms with Gasteiger partial charge >= 0.3 is 0 Å². The second-order valence-corrected chi connectivity index (χ2v) is 3.11. The third-order valence-electron chi connectivity index (χ3n) is 1.65. The molecule has 0 aliphatic carbocycles. The normalized spacial score (nSPS) is 11.9. The third-order valence-corrected chi connectivity index (χ3v) is 1.85. The van der Waals surface area contributed by atoms with Crippen LogP contribution in [-0.2, 0) is 0 Å². The minimum absolute atomic E-state index is 0.139. The molecule has 0 fully saturated rings. The zero-order valence-corrected chi connectivity index (χ0v) is 8.61. The van der Waals surface area contributed by atoms with Crippen molar-refractivity contribution in [3.63, 3.8) is 0 Å². The molecule has 1 aromatic rings. The maximum Gasteiger partial charge on any atom is 0.272 e. The molecule has 5 nitrogen and oxygen atoms in total. The van der Waals surface area contributed by atoms with E-state index in [1.807, 2.05) is 0 Å². The Morgan fingerprint density at radius 3 is 2.87 bits per heavy atom. The first-order valence-corrected chi connectivity index (χ1v) is 4.57. The molecule has 0 aliphatic heterocycles. The van der Waals surface area contributed by atoms with Crippen molar-refractivity contribution in [2.45, 2.75) is 6.04 Å². The number of aromatic nitrogens is 2. The molecule has 1 heterocycles. The standard InChI is InChI=1S/C9H10ClN3O2/c1-2-6(5-14)13-9(15)7-3-12-8(10)4-11-7/h2-4,6,14H,1,5H2,(H,13,15). The smallest absolute Gasteiger partial charge is 0.272 e. The molecule has 1 rings (SSSR count). The highest BCUT2D eigenvalue weighted by Gasteiger charge is 2.11. The number of aliphatic hydroxyl groups excluding tert-OH is 1. The van der Waals surface area contributed by atoms with Gasteiger partial charge in [-0.25, -0.2) is 9.97 Å². The topological polar surface area (TPSA) is 75.1 Å². The van der Waals surface area contributed by atoms with Crippen molar-refractivity contribution in [1.82, 2.24) is 15.3 Å². The molecule has 0 saturated carbocycles. The Labute approximate surface area is 91.8 Å². The minimum atomic E-state index is -0.491. The highest BCUT2D eigenvalue weighted by atomic mass is 35.5. The number of hydrogen-bond acceptors (Lipinski definition) is 4. The first-order valence-electron chi connectivity index (χ1n) is 4.19. The molecule has 1 atom stereocenters. The van der Waals surface area contributed by atoms with Crippen LogP contribution in [0.5, 0.6) is 0 Å². The van der Waals surface area contributed by atoms with Gasteiger partial charge in [0.2, 0.25) is 0 Å². The predicted molar refractivity (Wildman–Crippen MR) is 55.6 cm³/mol. The molecule has 1 aromatic heterocycles. The first kappa shape index (κ1) is 11.6. The molecular weight excluding hydrogens is 218 g/mol. The van der Waals surface area contributed by atoms with Crippen LogP contribution in [0.15, 0.2) is 25.0 Å². The van der Waals surface area contributed by atoms with Crippen molar-refractivity contribution in [3.05, 3.63) is 35.9 Å². The van der Waals surface area contributed by atoms with E-state index in [0.717, 1.165) is 0 Å². The molecule has 0 radical (unpaired) electrons. The number of rotatable bonds is 4. The maximum atomic E-state index is 11.5. The Morgan fingerprint density at radius 2 is 2.40 bits per heavy atom. The molecule has 15 heavy (non-hydrogen) atoms. The molecule has 6 heteroatoms. The molecule has 1 unspecified atom stereocenters. The fourth-order valence-electron chi connectivity index (χ4n) is 0.851. The van der Waals surface area contributed by atoms with Gasteiger partial charge in [-0.05, 0) is 0 Å². The number of carbonyl (C=O) groups is 1. The summed E-state index contributed by atoms with van der Waals surface area (Å²) in [5.74, 6) is -0.432. The van der Waals surface area contributed by atoms with Crippen LogP contribution in [0, 0.1) is 0 Å². The van der Waals surface area contributed by atoms with E-state index in [1.165, 1.54) is 18.5 Å². The lowest BCUT2D eigenvalue weighted by Gasteiger charge is -2.10. The van der Waals surface area contributed by atoms with E-state index in [2.05, 4.69) is 21.9 Å². The second kappa shape index (κ2) is 5.43. The van der Waals surface area contributed by atoms with E-state index in [1.54, 1.807) is 0 Å². The van der Waals surface area contributed by atoms with Gasteiger partial charge in [0.25, 0.3) is 5.91 Å². The monoisotopic (exact) mass is 227 g/mol. The third kappa shape index (κ3) is 3.30. The van der Waals surface area contributed by atoms with E-state index in [0.29, 0.717) is 0 Å². The zero-order valence-electron chi connectivity index (χ0n) is 7.85. The summed E-state index contributed by atoms with van der Waals surface area (Å²) >= 11 is 5.52. The number of carbonyl (C=O) groups excluding carboxylic acids is 1. The number of hydrogen-bond donors (Lipinski definition) is 2. The van der Waals surface area contributed by atoms with Crippen molar-refractivity contribution in [3.8, 4) is 0 Å². The Kier molecular flexibility index (Phi) is 4.20. The second-order valence-electron chi connectivity index (χ2n) is 2.72. The molecule has 80 valence electrons. The van der Waals surface area contributed by atoms with Crippen LogP contribution in [0.4, 0.5) is 0 Å². The van der Waals surface area contributed by atoms with Crippen LogP contribution in [0.1, 0.15) is 10.5 Å².